The Bertz CT molecular complexity index is 609. The van der Waals surface area contributed by atoms with Crippen molar-refractivity contribution in [1.29, 1.82) is 0 Å². The Balaban J connectivity index is 2.37. The third-order valence-electron chi connectivity index (χ3n) is 2.05. The molecular formula is C11H7ClFN3OS. The fraction of sp³-hybridized carbons (Fsp3) is 0. The van der Waals surface area contributed by atoms with Gasteiger partial charge < -0.3 is 10.5 Å². The van der Waals surface area contributed by atoms with E-state index in [1.165, 1.54) is 18.3 Å². The lowest BCUT2D eigenvalue weighted by atomic mass is 10.3. The first-order chi connectivity index (χ1) is 8.58. The average molecular weight is 284 g/mol. The highest BCUT2D eigenvalue weighted by molar-refractivity contribution is 7.80. The van der Waals surface area contributed by atoms with Gasteiger partial charge in [0.1, 0.15) is 16.6 Å². The van der Waals surface area contributed by atoms with Gasteiger partial charge in [-0.3, -0.25) is 0 Å². The molecule has 0 fully saturated rings. The van der Waals surface area contributed by atoms with Crippen LogP contribution in [0.3, 0.4) is 0 Å². The van der Waals surface area contributed by atoms with E-state index < -0.39 is 5.82 Å². The van der Waals surface area contributed by atoms with Crippen molar-refractivity contribution in [2.45, 2.75) is 0 Å². The first-order valence-electron chi connectivity index (χ1n) is 4.82. The van der Waals surface area contributed by atoms with Gasteiger partial charge in [0.15, 0.2) is 0 Å². The summed E-state index contributed by atoms with van der Waals surface area (Å²) >= 11 is 10.7. The molecule has 1 aromatic carbocycles. The molecule has 0 bridgehead atoms. The van der Waals surface area contributed by atoms with Crippen LogP contribution in [0.1, 0.15) is 5.56 Å². The van der Waals surface area contributed by atoms with Crippen molar-refractivity contribution in [3.8, 4) is 11.6 Å². The van der Waals surface area contributed by atoms with Crippen LogP contribution >= 0.6 is 23.8 Å². The number of ether oxygens (including phenoxy) is 1. The third kappa shape index (κ3) is 2.72. The molecule has 92 valence electrons. The smallest absolute Gasteiger partial charge is 0.249 e. The van der Waals surface area contributed by atoms with Gasteiger partial charge in [-0.15, -0.1) is 5.10 Å². The van der Waals surface area contributed by atoms with Crippen molar-refractivity contribution in [2.24, 2.45) is 5.73 Å². The fourth-order valence-corrected chi connectivity index (χ4v) is 1.61. The van der Waals surface area contributed by atoms with Crippen LogP contribution in [-0.4, -0.2) is 15.2 Å². The summed E-state index contributed by atoms with van der Waals surface area (Å²) in [4.78, 5) is 0.123. The standard InChI is InChI=1S/C11H7ClFN3OS/c12-8-5-6(13)1-2-9(8)17-11-7(10(14)18)3-4-15-16-11/h1-5H,(H2,14,18). The van der Waals surface area contributed by atoms with E-state index in [1.807, 2.05) is 0 Å². The van der Waals surface area contributed by atoms with E-state index in [0.29, 0.717) is 5.56 Å². The van der Waals surface area contributed by atoms with Crippen LogP contribution in [0.4, 0.5) is 4.39 Å². The first kappa shape index (κ1) is 12.7. The van der Waals surface area contributed by atoms with E-state index in [-0.39, 0.29) is 21.6 Å². The first-order valence-corrected chi connectivity index (χ1v) is 5.61. The van der Waals surface area contributed by atoms with Gasteiger partial charge in [-0.25, -0.2) is 4.39 Å². The second-order valence-corrected chi connectivity index (χ2v) is 4.14. The second-order valence-electron chi connectivity index (χ2n) is 3.29. The SMILES string of the molecule is NC(=S)c1ccnnc1Oc1ccc(F)cc1Cl. The van der Waals surface area contributed by atoms with Gasteiger partial charge >= 0.3 is 0 Å². The fourth-order valence-electron chi connectivity index (χ4n) is 1.24. The maximum atomic E-state index is 12.9. The molecule has 2 rings (SSSR count). The molecule has 2 aromatic rings. The highest BCUT2D eigenvalue weighted by Gasteiger charge is 2.11. The van der Waals surface area contributed by atoms with Crippen LogP contribution in [0.15, 0.2) is 30.5 Å². The Morgan fingerprint density at radius 3 is 2.83 bits per heavy atom. The molecule has 18 heavy (non-hydrogen) atoms. The van der Waals surface area contributed by atoms with Crippen molar-refractivity contribution in [3.05, 3.63) is 46.9 Å². The normalized spacial score (nSPS) is 10.1. The maximum Gasteiger partial charge on any atom is 0.249 e. The number of nitrogens with zero attached hydrogens (tertiary/aromatic N) is 2. The van der Waals surface area contributed by atoms with Crippen LogP contribution in [0.5, 0.6) is 11.6 Å². The zero-order chi connectivity index (χ0) is 13.1. The number of thiocarbonyl (C=S) groups is 1. The molecule has 0 unspecified atom stereocenters. The van der Waals surface area contributed by atoms with E-state index >= 15 is 0 Å². The molecule has 1 aromatic heterocycles. The summed E-state index contributed by atoms with van der Waals surface area (Å²) < 4.78 is 18.3. The molecular weight excluding hydrogens is 277 g/mol. The van der Waals surface area contributed by atoms with Crippen molar-refractivity contribution >= 4 is 28.8 Å². The molecule has 0 spiro atoms. The molecule has 0 radical (unpaired) electrons. The Morgan fingerprint density at radius 1 is 1.39 bits per heavy atom. The molecule has 0 aliphatic carbocycles. The van der Waals surface area contributed by atoms with Gasteiger partial charge in [0, 0.05) is 0 Å². The number of halogens is 2. The third-order valence-corrected chi connectivity index (χ3v) is 2.57. The second kappa shape index (κ2) is 5.24. The Labute approximate surface area is 113 Å². The number of nitrogens with two attached hydrogens (primary N) is 1. The Kier molecular flexibility index (Phi) is 3.69. The average Bonchev–Trinajstić information content (AvgIpc) is 2.33. The monoisotopic (exact) mass is 283 g/mol. The number of rotatable bonds is 3. The maximum absolute atomic E-state index is 12.9. The van der Waals surface area contributed by atoms with Crippen LogP contribution in [0.2, 0.25) is 5.02 Å². The number of aromatic nitrogens is 2. The van der Waals surface area contributed by atoms with Crippen LogP contribution < -0.4 is 10.5 Å². The van der Waals surface area contributed by atoms with Gasteiger partial charge in [-0.2, -0.15) is 5.10 Å². The van der Waals surface area contributed by atoms with E-state index in [1.54, 1.807) is 6.07 Å². The van der Waals surface area contributed by atoms with Crippen molar-refractivity contribution in [1.82, 2.24) is 10.2 Å². The predicted octanol–water partition coefficient (Wildman–Crippen LogP) is 2.70. The number of hydrogen-bond donors (Lipinski definition) is 1. The summed E-state index contributed by atoms with van der Waals surface area (Å²) in [6.45, 7) is 0. The van der Waals surface area contributed by atoms with Gasteiger partial charge in [0.2, 0.25) is 5.88 Å². The molecule has 0 atom stereocenters. The van der Waals surface area contributed by atoms with Crippen LogP contribution in [0, 0.1) is 5.82 Å². The summed E-state index contributed by atoms with van der Waals surface area (Å²) in [6.07, 6.45) is 1.44. The molecule has 0 aliphatic heterocycles. The summed E-state index contributed by atoms with van der Waals surface area (Å²) in [5.74, 6) is -0.0874. The lowest BCUT2D eigenvalue weighted by molar-refractivity contribution is 0.453. The van der Waals surface area contributed by atoms with Gasteiger partial charge in [-0.1, -0.05) is 23.8 Å². The molecule has 4 nitrogen and oxygen atoms in total. The summed E-state index contributed by atoms with van der Waals surface area (Å²) in [5.41, 5.74) is 5.95. The zero-order valence-electron chi connectivity index (χ0n) is 8.93. The predicted molar refractivity (Wildman–Crippen MR) is 69.4 cm³/mol. The van der Waals surface area contributed by atoms with Crippen molar-refractivity contribution in [2.75, 3.05) is 0 Å². The van der Waals surface area contributed by atoms with Gasteiger partial charge in [0.05, 0.1) is 16.8 Å². The lowest BCUT2D eigenvalue weighted by Crippen LogP contribution is -2.12. The van der Waals surface area contributed by atoms with E-state index in [4.69, 9.17) is 34.3 Å². The molecule has 0 saturated heterocycles. The highest BCUT2D eigenvalue weighted by Crippen LogP contribution is 2.30. The molecule has 1 heterocycles. The van der Waals surface area contributed by atoms with Crippen LogP contribution in [-0.2, 0) is 0 Å². The molecule has 2 N–H and O–H groups in total. The lowest BCUT2D eigenvalue weighted by Gasteiger charge is -2.09. The summed E-state index contributed by atoms with van der Waals surface area (Å²) in [7, 11) is 0. The highest BCUT2D eigenvalue weighted by atomic mass is 35.5. The Hall–Kier alpha value is -1.79. The van der Waals surface area contributed by atoms with E-state index in [2.05, 4.69) is 10.2 Å². The van der Waals surface area contributed by atoms with Gasteiger partial charge in [0.25, 0.3) is 0 Å². The summed E-state index contributed by atoms with van der Waals surface area (Å²) in [5, 5.41) is 7.55. The van der Waals surface area contributed by atoms with E-state index in [0.717, 1.165) is 6.07 Å². The molecule has 0 amide bonds. The minimum Gasteiger partial charge on any atom is -0.435 e. The zero-order valence-corrected chi connectivity index (χ0v) is 10.5. The number of benzene rings is 1. The molecule has 0 saturated carbocycles. The van der Waals surface area contributed by atoms with E-state index in [9.17, 15) is 4.39 Å². The molecule has 0 aliphatic rings. The largest absolute Gasteiger partial charge is 0.435 e. The number of hydrogen-bond acceptors (Lipinski definition) is 4. The summed E-state index contributed by atoms with van der Waals surface area (Å²) in [6, 6.07) is 5.31. The minimum atomic E-state index is -0.457. The minimum absolute atomic E-state index is 0.120. The Morgan fingerprint density at radius 2 is 2.17 bits per heavy atom. The van der Waals surface area contributed by atoms with Crippen molar-refractivity contribution in [3.63, 3.8) is 0 Å². The molecule has 7 heteroatoms. The van der Waals surface area contributed by atoms with Gasteiger partial charge in [-0.05, 0) is 24.3 Å². The quantitative estimate of drug-likeness (QED) is 0.878. The van der Waals surface area contributed by atoms with Crippen molar-refractivity contribution < 1.29 is 9.13 Å². The van der Waals surface area contributed by atoms with Crippen LogP contribution in [0.25, 0.3) is 0 Å². The topological polar surface area (TPSA) is 61.0 Å².